The van der Waals surface area contributed by atoms with Gasteiger partial charge >= 0.3 is 0 Å². The van der Waals surface area contributed by atoms with Gasteiger partial charge in [-0.3, -0.25) is 0 Å². The highest BCUT2D eigenvalue weighted by molar-refractivity contribution is 7.26. The Balaban J connectivity index is 1.21. The van der Waals surface area contributed by atoms with Crippen LogP contribution in [0.15, 0.2) is 211 Å². The summed E-state index contributed by atoms with van der Waals surface area (Å²) in [6, 6.07) is 74.5. The molecule has 58 heavy (non-hydrogen) atoms. The first-order chi connectivity index (χ1) is 28.8. The molecule has 3 nitrogen and oxygen atoms in total. The van der Waals surface area contributed by atoms with Crippen LogP contribution in [0.3, 0.4) is 0 Å². The van der Waals surface area contributed by atoms with Crippen LogP contribution in [0.2, 0.25) is 0 Å². The molecule has 0 aliphatic rings. The second-order valence-corrected chi connectivity index (χ2v) is 15.9. The number of rotatable bonds is 6. The van der Waals surface area contributed by atoms with E-state index in [0.717, 1.165) is 50.2 Å². The Morgan fingerprint density at radius 2 is 1.09 bits per heavy atom. The van der Waals surface area contributed by atoms with Crippen molar-refractivity contribution in [3.05, 3.63) is 206 Å². The molecule has 0 aliphatic carbocycles. The van der Waals surface area contributed by atoms with Gasteiger partial charge in [-0.15, -0.1) is 11.3 Å². The first kappa shape index (κ1) is 32.8. The summed E-state index contributed by atoms with van der Waals surface area (Å²) in [7, 11) is 0. The number of nitrogens with zero attached hydrogens (tertiary/aromatic N) is 2. The Labute approximate surface area is 338 Å². The Bertz CT molecular complexity index is 3510. The van der Waals surface area contributed by atoms with Crippen molar-refractivity contribution in [2.45, 2.75) is 0 Å². The molecule has 272 valence electrons. The number of hydrogen-bond donors (Lipinski definition) is 0. The van der Waals surface area contributed by atoms with Crippen LogP contribution in [0, 0.1) is 0 Å². The predicted molar refractivity (Wildman–Crippen MR) is 247 cm³/mol. The second kappa shape index (κ2) is 13.1. The maximum absolute atomic E-state index is 6.39. The van der Waals surface area contributed by atoms with Gasteiger partial charge in [0.2, 0.25) is 0 Å². The quantitative estimate of drug-likeness (QED) is 0.168. The monoisotopic (exact) mass is 758 g/mol. The van der Waals surface area contributed by atoms with E-state index in [2.05, 4.69) is 210 Å². The van der Waals surface area contributed by atoms with Gasteiger partial charge in [-0.25, -0.2) is 0 Å². The first-order valence-electron chi connectivity index (χ1n) is 19.7. The van der Waals surface area contributed by atoms with Gasteiger partial charge < -0.3 is 13.9 Å². The standard InChI is InChI=1S/C54H34N2OS/c1-4-15-35(16-5-1)37-27-29-43-51(33-37)58-54-40(36-17-6-2-7-18-36)30-31-48(53(43)54)56(39-28-32-50-44(34-39)41-21-11-13-26-49(41)57-50)47-25-14-24-46-52(47)42-22-10-12-23-45(42)55(46)38-19-8-3-9-20-38/h1-34H. The van der Waals surface area contributed by atoms with Gasteiger partial charge in [0.15, 0.2) is 0 Å². The third-order valence-corrected chi connectivity index (χ3v) is 12.8. The molecule has 0 radical (unpaired) electrons. The number of furan rings is 1. The molecule has 3 heterocycles. The SMILES string of the molecule is c1ccc(-c2ccc3c(c2)sc2c(-c4ccccc4)ccc(N(c4ccc5oc6ccccc6c5c4)c4cccc5c4c4ccccc4n5-c4ccccc4)c23)cc1. The molecule has 0 N–H and O–H groups in total. The van der Waals surface area contributed by atoms with Crippen LogP contribution in [-0.4, -0.2) is 4.57 Å². The summed E-state index contributed by atoms with van der Waals surface area (Å²) < 4.78 is 11.3. The van der Waals surface area contributed by atoms with Crippen LogP contribution in [0.4, 0.5) is 17.1 Å². The van der Waals surface area contributed by atoms with E-state index >= 15 is 0 Å². The van der Waals surface area contributed by atoms with Crippen LogP contribution in [0.1, 0.15) is 0 Å². The lowest BCUT2D eigenvalue weighted by atomic mass is 9.98. The van der Waals surface area contributed by atoms with Crippen molar-refractivity contribution in [3.8, 4) is 27.9 Å². The number of para-hydroxylation sites is 3. The lowest BCUT2D eigenvalue weighted by Crippen LogP contribution is -2.11. The highest BCUT2D eigenvalue weighted by atomic mass is 32.1. The van der Waals surface area contributed by atoms with Crippen LogP contribution in [0.25, 0.3) is 91.9 Å². The third kappa shape index (κ3) is 5.05. The van der Waals surface area contributed by atoms with Gasteiger partial charge in [0.05, 0.1) is 22.4 Å². The van der Waals surface area contributed by atoms with Crippen molar-refractivity contribution in [3.63, 3.8) is 0 Å². The molecule has 0 aliphatic heterocycles. The third-order valence-electron chi connectivity index (χ3n) is 11.6. The minimum Gasteiger partial charge on any atom is -0.456 e. The van der Waals surface area contributed by atoms with Crippen molar-refractivity contribution in [2.24, 2.45) is 0 Å². The van der Waals surface area contributed by atoms with Crippen LogP contribution >= 0.6 is 11.3 Å². The van der Waals surface area contributed by atoms with Gasteiger partial charge in [-0.2, -0.15) is 0 Å². The molecule has 0 bridgehead atoms. The number of hydrogen-bond acceptors (Lipinski definition) is 3. The normalized spacial score (nSPS) is 11.8. The fourth-order valence-corrected chi connectivity index (χ4v) is 10.3. The molecule has 0 atom stereocenters. The maximum atomic E-state index is 6.39. The van der Waals surface area contributed by atoms with Gasteiger partial charge in [0.1, 0.15) is 11.2 Å². The summed E-state index contributed by atoms with van der Waals surface area (Å²) in [6.07, 6.45) is 0. The molecule has 4 heteroatoms. The van der Waals surface area contributed by atoms with E-state index in [-0.39, 0.29) is 0 Å². The van der Waals surface area contributed by atoms with Gasteiger partial charge in [0.25, 0.3) is 0 Å². The van der Waals surface area contributed by atoms with Crippen molar-refractivity contribution in [1.82, 2.24) is 4.57 Å². The van der Waals surface area contributed by atoms with Gasteiger partial charge in [-0.1, -0.05) is 140 Å². The van der Waals surface area contributed by atoms with Crippen LogP contribution < -0.4 is 4.90 Å². The van der Waals surface area contributed by atoms with Crippen molar-refractivity contribution in [2.75, 3.05) is 4.90 Å². The van der Waals surface area contributed by atoms with E-state index in [1.165, 1.54) is 58.7 Å². The molecule has 0 saturated carbocycles. The zero-order valence-electron chi connectivity index (χ0n) is 31.3. The molecule has 3 aromatic heterocycles. The summed E-state index contributed by atoms with van der Waals surface area (Å²) in [4.78, 5) is 2.50. The Kier molecular flexibility index (Phi) is 7.40. The first-order valence-corrected chi connectivity index (χ1v) is 20.5. The molecule has 12 aromatic rings. The smallest absolute Gasteiger partial charge is 0.135 e. The number of fused-ring (bicyclic) bond motifs is 9. The molecule has 0 saturated heterocycles. The summed E-state index contributed by atoms with van der Waals surface area (Å²) in [5, 5.41) is 7.09. The molecule has 12 rings (SSSR count). The lowest BCUT2D eigenvalue weighted by molar-refractivity contribution is 0.669. The number of benzene rings is 9. The van der Waals surface area contributed by atoms with Gasteiger partial charge in [0, 0.05) is 53.1 Å². The van der Waals surface area contributed by atoms with Crippen LogP contribution in [-0.2, 0) is 0 Å². The Hall–Kier alpha value is -7.40. The number of anilines is 3. The number of thiophene rings is 1. The maximum Gasteiger partial charge on any atom is 0.135 e. The lowest BCUT2D eigenvalue weighted by Gasteiger charge is -2.28. The molecule has 0 amide bonds. The van der Waals surface area contributed by atoms with Crippen LogP contribution in [0.5, 0.6) is 0 Å². The molecule has 0 fully saturated rings. The molecule has 0 spiro atoms. The van der Waals surface area contributed by atoms with E-state index in [0.29, 0.717) is 0 Å². The van der Waals surface area contributed by atoms with Gasteiger partial charge in [-0.05, 0) is 89.0 Å². The average molecular weight is 759 g/mol. The van der Waals surface area contributed by atoms with E-state index in [9.17, 15) is 0 Å². The molecule has 9 aromatic carbocycles. The van der Waals surface area contributed by atoms with Crippen molar-refractivity contribution in [1.29, 1.82) is 0 Å². The zero-order chi connectivity index (χ0) is 38.2. The van der Waals surface area contributed by atoms with E-state index in [1.54, 1.807) is 0 Å². The summed E-state index contributed by atoms with van der Waals surface area (Å²) >= 11 is 1.88. The molecular weight excluding hydrogens is 725 g/mol. The second-order valence-electron chi connectivity index (χ2n) is 14.9. The molecular formula is C54H34N2OS. The minimum absolute atomic E-state index is 0.878. The Morgan fingerprint density at radius 1 is 0.414 bits per heavy atom. The van der Waals surface area contributed by atoms with E-state index < -0.39 is 0 Å². The topological polar surface area (TPSA) is 21.3 Å². The Morgan fingerprint density at radius 3 is 1.91 bits per heavy atom. The van der Waals surface area contributed by atoms with Crippen molar-refractivity contribution >= 4 is 92.3 Å². The predicted octanol–water partition coefficient (Wildman–Crippen LogP) is 15.9. The molecule has 0 unspecified atom stereocenters. The van der Waals surface area contributed by atoms with Crippen molar-refractivity contribution < 1.29 is 4.42 Å². The highest BCUT2D eigenvalue weighted by Crippen LogP contribution is 2.51. The van der Waals surface area contributed by atoms with E-state index in [1.807, 2.05) is 17.4 Å². The fraction of sp³-hybridized carbons (Fsp3) is 0. The minimum atomic E-state index is 0.878. The number of aromatic nitrogens is 1. The summed E-state index contributed by atoms with van der Waals surface area (Å²) in [6.45, 7) is 0. The summed E-state index contributed by atoms with van der Waals surface area (Å²) in [5.41, 5.74) is 13.4. The highest BCUT2D eigenvalue weighted by Gasteiger charge is 2.25. The van der Waals surface area contributed by atoms with E-state index in [4.69, 9.17) is 4.42 Å². The fourth-order valence-electron chi connectivity index (χ4n) is 9.01. The zero-order valence-corrected chi connectivity index (χ0v) is 32.2. The largest absolute Gasteiger partial charge is 0.456 e. The summed E-state index contributed by atoms with van der Waals surface area (Å²) in [5.74, 6) is 0. The average Bonchev–Trinajstić information content (AvgIpc) is 3.97.